The van der Waals surface area contributed by atoms with Gasteiger partial charge in [-0.1, -0.05) is 18.9 Å². The van der Waals surface area contributed by atoms with Crippen molar-refractivity contribution < 1.29 is 14.0 Å². The summed E-state index contributed by atoms with van der Waals surface area (Å²) in [6.45, 7) is 3.49. The second kappa shape index (κ2) is 9.25. The second-order valence-corrected chi connectivity index (χ2v) is 5.80. The van der Waals surface area contributed by atoms with E-state index in [1.807, 2.05) is 0 Å². The zero-order chi connectivity index (χ0) is 16.5. The summed E-state index contributed by atoms with van der Waals surface area (Å²) in [5, 5.41) is 5.29. The van der Waals surface area contributed by atoms with Crippen LogP contribution in [0.3, 0.4) is 0 Å². The maximum absolute atomic E-state index is 13.0. The van der Waals surface area contributed by atoms with Gasteiger partial charge in [0.2, 0.25) is 5.91 Å². The Morgan fingerprint density at radius 2 is 1.83 bits per heavy atom. The summed E-state index contributed by atoms with van der Waals surface area (Å²) < 4.78 is 13.0. The molecule has 1 aromatic rings. The summed E-state index contributed by atoms with van der Waals surface area (Å²) in [6, 6.07) is 5.39. The molecule has 126 valence electrons. The van der Waals surface area contributed by atoms with Crippen LogP contribution in [0.4, 0.5) is 4.39 Å². The third-order valence-corrected chi connectivity index (χ3v) is 3.95. The Bertz CT molecular complexity index is 528. The van der Waals surface area contributed by atoms with E-state index in [2.05, 4.69) is 15.5 Å². The Morgan fingerprint density at radius 1 is 1.09 bits per heavy atom. The molecule has 0 spiro atoms. The quantitative estimate of drug-likeness (QED) is 0.836. The lowest BCUT2D eigenvalue weighted by Gasteiger charge is -2.19. The van der Waals surface area contributed by atoms with Gasteiger partial charge in [-0.05, 0) is 44.1 Å². The van der Waals surface area contributed by atoms with E-state index in [1.54, 1.807) is 0 Å². The molecule has 1 aliphatic rings. The molecule has 0 atom stereocenters. The molecule has 0 aliphatic carbocycles. The van der Waals surface area contributed by atoms with Gasteiger partial charge in [0.1, 0.15) is 5.82 Å². The highest BCUT2D eigenvalue weighted by atomic mass is 19.1. The van der Waals surface area contributed by atoms with E-state index in [0.717, 1.165) is 25.7 Å². The van der Waals surface area contributed by atoms with Crippen molar-refractivity contribution in [2.75, 3.05) is 32.7 Å². The van der Waals surface area contributed by atoms with E-state index in [0.29, 0.717) is 6.54 Å². The average Bonchev–Trinajstić information content (AvgIpc) is 2.81. The molecule has 0 aromatic heterocycles. The van der Waals surface area contributed by atoms with Crippen molar-refractivity contribution >= 4 is 11.8 Å². The van der Waals surface area contributed by atoms with Crippen LogP contribution in [-0.4, -0.2) is 49.4 Å². The molecular weight excluding hydrogens is 297 g/mol. The van der Waals surface area contributed by atoms with Crippen molar-refractivity contribution in [1.82, 2.24) is 15.5 Å². The number of likely N-dealkylation sites (tertiary alicyclic amines) is 1. The van der Waals surface area contributed by atoms with E-state index in [-0.39, 0.29) is 18.0 Å². The summed E-state index contributed by atoms with van der Waals surface area (Å²) >= 11 is 0. The topological polar surface area (TPSA) is 61.4 Å². The van der Waals surface area contributed by atoms with Crippen LogP contribution < -0.4 is 10.6 Å². The highest BCUT2D eigenvalue weighted by molar-refractivity contribution is 5.96. The Labute approximate surface area is 136 Å². The Morgan fingerprint density at radius 3 is 2.52 bits per heavy atom. The number of nitrogens with zero attached hydrogens (tertiary/aromatic N) is 1. The normalized spacial score (nSPS) is 15.7. The van der Waals surface area contributed by atoms with Gasteiger partial charge in [-0.15, -0.1) is 0 Å². The van der Waals surface area contributed by atoms with Crippen LogP contribution in [0.15, 0.2) is 24.3 Å². The highest BCUT2D eigenvalue weighted by Gasteiger charge is 2.10. The summed E-state index contributed by atoms with van der Waals surface area (Å²) in [7, 11) is 0. The van der Waals surface area contributed by atoms with Gasteiger partial charge in [0.05, 0.1) is 6.54 Å². The van der Waals surface area contributed by atoms with Crippen molar-refractivity contribution in [1.29, 1.82) is 0 Å². The highest BCUT2D eigenvalue weighted by Crippen LogP contribution is 2.08. The van der Waals surface area contributed by atoms with Gasteiger partial charge < -0.3 is 15.5 Å². The largest absolute Gasteiger partial charge is 0.353 e. The van der Waals surface area contributed by atoms with Crippen LogP contribution in [0, 0.1) is 5.82 Å². The van der Waals surface area contributed by atoms with Crippen LogP contribution in [0.2, 0.25) is 0 Å². The number of carbonyl (C=O) groups is 2. The van der Waals surface area contributed by atoms with Gasteiger partial charge in [0, 0.05) is 18.7 Å². The first-order chi connectivity index (χ1) is 11.1. The zero-order valence-electron chi connectivity index (χ0n) is 13.3. The Balaban J connectivity index is 1.63. The van der Waals surface area contributed by atoms with Crippen LogP contribution in [-0.2, 0) is 4.79 Å². The van der Waals surface area contributed by atoms with Gasteiger partial charge in [-0.25, -0.2) is 4.39 Å². The van der Waals surface area contributed by atoms with Crippen molar-refractivity contribution in [2.45, 2.75) is 25.7 Å². The fourth-order valence-electron chi connectivity index (χ4n) is 2.67. The predicted octanol–water partition coefficient (Wildman–Crippen LogP) is 1.55. The number of benzene rings is 1. The summed E-state index contributed by atoms with van der Waals surface area (Å²) in [4.78, 5) is 25.9. The third-order valence-electron chi connectivity index (χ3n) is 3.95. The number of amides is 2. The summed E-state index contributed by atoms with van der Waals surface area (Å²) in [5.74, 6) is -1.16. The number of hydrogen-bond donors (Lipinski definition) is 2. The molecule has 23 heavy (non-hydrogen) atoms. The molecule has 1 saturated heterocycles. The summed E-state index contributed by atoms with van der Waals surface area (Å²) in [5.41, 5.74) is 0.211. The SMILES string of the molecule is O=C(CNC(=O)c1cccc(F)c1)NCCN1CCCCCC1. The molecule has 1 aromatic carbocycles. The molecule has 6 heteroatoms. The fraction of sp³-hybridized carbons (Fsp3) is 0.529. The van der Waals surface area contributed by atoms with Crippen molar-refractivity contribution in [2.24, 2.45) is 0 Å². The number of hydrogen-bond acceptors (Lipinski definition) is 3. The average molecular weight is 321 g/mol. The fourth-order valence-corrected chi connectivity index (χ4v) is 2.67. The maximum atomic E-state index is 13.0. The Hall–Kier alpha value is -1.95. The molecule has 2 N–H and O–H groups in total. The van der Waals surface area contributed by atoms with Gasteiger partial charge >= 0.3 is 0 Å². The van der Waals surface area contributed by atoms with Gasteiger partial charge in [-0.2, -0.15) is 0 Å². The minimum atomic E-state index is -0.473. The number of rotatable bonds is 6. The molecule has 0 saturated carbocycles. The molecule has 0 bridgehead atoms. The van der Waals surface area contributed by atoms with Crippen LogP contribution >= 0.6 is 0 Å². The van der Waals surface area contributed by atoms with Crippen molar-refractivity contribution in [3.8, 4) is 0 Å². The first kappa shape index (κ1) is 17.4. The monoisotopic (exact) mass is 321 g/mol. The molecular formula is C17H24FN3O2. The van der Waals surface area contributed by atoms with E-state index >= 15 is 0 Å². The van der Waals surface area contributed by atoms with E-state index in [1.165, 1.54) is 43.9 Å². The maximum Gasteiger partial charge on any atom is 0.251 e. The third kappa shape index (κ3) is 6.36. The van der Waals surface area contributed by atoms with E-state index < -0.39 is 11.7 Å². The van der Waals surface area contributed by atoms with Gasteiger partial charge in [-0.3, -0.25) is 9.59 Å². The van der Waals surface area contributed by atoms with Gasteiger partial charge in [0.25, 0.3) is 5.91 Å². The molecule has 2 amide bonds. The predicted molar refractivity (Wildman–Crippen MR) is 86.7 cm³/mol. The standard InChI is InChI=1S/C17H24FN3O2/c18-15-7-5-6-14(12-15)17(23)20-13-16(22)19-8-11-21-9-3-1-2-4-10-21/h5-7,12H,1-4,8-11,13H2,(H,19,22)(H,20,23). The number of nitrogens with one attached hydrogen (secondary N) is 2. The van der Waals surface area contributed by atoms with E-state index in [4.69, 9.17) is 0 Å². The van der Waals surface area contributed by atoms with E-state index in [9.17, 15) is 14.0 Å². The Kier molecular flexibility index (Phi) is 7.00. The first-order valence-electron chi connectivity index (χ1n) is 8.18. The first-order valence-corrected chi connectivity index (χ1v) is 8.18. The lowest BCUT2D eigenvalue weighted by atomic mass is 10.2. The molecule has 1 heterocycles. The smallest absolute Gasteiger partial charge is 0.251 e. The lowest BCUT2D eigenvalue weighted by molar-refractivity contribution is -0.120. The van der Waals surface area contributed by atoms with Crippen molar-refractivity contribution in [3.63, 3.8) is 0 Å². The molecule has 2 rings (SSSR count). The molecule has 1 aliphatic heterocycles. The lowest BCUT2D eigenvalue weighted by Crippen LogP contribution is -2.40. The molecule has 5 nitrogen and oxygen atoms in total. The van der Waals surface area contributed by atoms with Crippen LogP contribution in [0.25, 0.3) is 0 Å². The number of carbonyl (C=O) groups excluding carboxylic acids is 2. The van der Waals surface area contributed by atoms with Crippen LogP contribution in [0.5, 0.6) is 0 Å². The molecule has 0 radical (unpaired) electrons. The molecule has 1 fully saturated rings. The number of halogens is 1. The zero-order valence-corrected chi connectivity index (χ0v) is 13.3. The van der Waals surface area contributed by atoms with Gasteiger partial charge in [0.15, 0.2) is 0 Å². The minimum Gasteiger partial charge on any atom is -0.353 e. The second-order valence-electron chi connectivity index (χ2n) is 5.80. The van der Waals surface area contributed by atoms with Crippen LogP contribution in [0.1, 0.15) is 36.0 Å². The molecule has 0 unspecified atom stereocenters. The summed E-state index contributed by atoms with van der Waals surface area (Å²) in [6.07, 6.45) is 5.01. The minimum absolute atomic E-state index is 0.102. The van der Waals surface area contributed by atoms with Crippen molar-refractivity contribution in [3.05, 3.63) is 35.6 Å².